The van der Waals surface area contributed by atoms with Crippen LogP contribution in [-0.2, 0) is 46.3 Å². The molecule has 0 fully saturated rings. The number of carbonyl (C=O) groups excluding carboxylic acids is 4. The van der Waals surface area contributed by atoms with Gasteiger partial charge in [-0.3, -0.25) is 33.8 Å². The van der Waals surface area contributed by atoms with E-state index < -0.39 is 103 Å². The van der Waals surface area contributed by atoms with Gasteiger partial charge in [-0.2, -0.15) is 4.98 Å². The summed E-state index contributed by atoms with van der Waals surface area (Å²) in [6, 6.07) is -0.512. The molecule has 0 aliphatic carbocycles. The molecular formula is C40H59N9O17S3. The maximum absolute atomic E-state index is 13.3. The number of ether oxygens (including phenoxy) is 1. The van der Waals surface area contributed by atoms with Gasteiger partial charge in [0.2, 0.25) is 17.8 Å². The Kier molecular flexibility index (Phi) is 24.9. The van der Waals surface area contributed by atoms with Gasteiger partial charge in [0.05, 0.1) is 29.0 Å². The minimum Gasteiger partial charge on any atom is -0.481 e. The molecule has 3 aromatic rings. The first-order valence-electron chi connectivity index (χ1n) is 21.4. The van der Waals surface area contributed by atoms with E-state index in [1.165, 1.54) is 11.3 Å². The molecule has 1 unspecified atom stereocenters. The van der Waals surface area contributed by atoms with Gasteiger partial charge in [-0.1, -0.05) is 21.6 Å². The lowest BCUT2D eigenvalue weighted by Gasteiger charge is -2.26. The van der Waals surface area contributed by atoms with Crippen LogP contribution in [0.1, 0.15) is 65.2 Å². The van der Waals surface area contributed by atoms with Crippen molar-refractivity contribution in [1.82, 2.24) is 36.2 Å². The second-order valence-electron chi connectivity index (χ2n) is 15.5. The number of H-pyrrole nitrogens is 2. The summed E-state index contributed by atoms with van der Waals surface area (Å²) in [4.78, 5) is 109. The van der Waals surface area contributed by atoms with E-state index in [9.17, 15) is 69.0 Å². The van der Waals surface area contributed by atoms with Gasteiger partial charge in [-0.05, 0) is 69.7 Å². The number of carboxylic acid groups (broad SMARTS) is 3. The quantitative estimate of drug-likeness (QED) is 0.0161. The van der Waals surface area contributed by atoms with Crippen molar-refractivity contribution in [2.75, 3.05) is 43.5 Å². The first kappa shape index (κ1) is 57.9. The van der Waals surface area contributed by atoms with Crippen molar-refractivity contribution in [3.63, 3.8) is 0 Å². The lowest BCUT2D eigenvalue weighted by atomic mass is 10.0. The number of nitrogens with zero attached hydrogens (tertiary/aromatic N) is 1. The minimum absolute atomic E-state index is 0.00165. The van der Waals surface area contributed by atoms with Crippen LogP contribution in [0.15, 0.2) is 23.0 Å². The lowest BCUT2D eigenvalue weighted by molar-refractivity contribution is -0.144. The number of nitrogens with two attached hydrogens (primary N) is 2. The monoisotopic (exact) mass is 1030 g/mol. The summed E-state index contributed by atoms with van der Waals surface area (Å²) in [5, 5.41) is 87.0. The number of carboxylic acids is 3. The van der Waals surface area contributed by atoms with Gasteiger partial charge in [0.1, 0.15) is 48.7 Å². The highest BCUT2D eigenvalue weighted by atomic mass is 33.1. The van der Waals surface area contributed by atoms with Gasteiger partial charge in [0.25, 0.3) is 11.5 Å². The Labute approximate surface area is 405 Å². The molecule has 18 N–H and O–H groups in total. The van der Waals surface area contributed by atoms with Crippen LogP contribution in [0.2, 0.25) is 0 Å². The summed E-state index contributed by atoms with van der Waals surface area (Å²) in [7, 11) is 2.11. The molecular weight excluding hydrogens is 975 g/mol. The summed E-state index contributed by atoms with van der Waals surface area (Å²) in [5.41, 5.74) is 12.2. The summed E-state index contributed by atoms with van der Waals surface area (Å²) in [6.07, 6.45) is -6.39. The number of rotatable bonds is 34. The number of esters is 1. The maximum Gasteiger partial charge on any atom is 0.327 e. The molecule has 3 heterocycles. The predicted molar refractivity (Wildman–Crippen MR) is 251 cm³/mol. The van der Waals surface area contributed by atoms with Crippen LogP contribution in [-0.4, -0.2) is 184 Å². The predicted octanol–water partition coefficient (Wildman–Crippen LogP) is -2.99. The highest BCUT2D eigenvalue weighted by Gasteiger charge is 2.31. The molecule has 384 valence electrons. The number of aliphatic hydroxyl groups is 5. The van der Waals surface area contributed by atoms with Gasteiger partial charge in [0.15, 0.2) is 0 Å². The van der Waals surface area contributed by atoms with Gasteiger partial charge in [-0.15, -0.1) is 11.3 Å². The van der Waals surface area contributed by atoms with Crippen molar-refractivity contribution in [3.05, 3.63) is 44.0 Å². The molecule has 8 atom stereocenters. The molecule has 0 saturated heterocycles. The number of hydrogen-bond donors (Lipinski definition) is 16. The highest BCUT2D eigenvalue weighted by molar-refractivity contribution is 8.76. The van der Waals surface area contributed by atoms with E-state index in [0.717, 1.165) is 32.2 Å². The number of aryl methyl sites for hydroxylation is 2. The lowest BCUT2D eigenvalue weighted by Crippen LogP contribution is -2.55. The number of thiophene rings is 1. The fraction of sp³-hybridized carbons (Fsp3) is 0.575. The van der Waals surface area contributed by atoms with Gasteiger partial charge in [0, 0.05) is 41.5 Å². The van der Waals surface area contributed by atoms with E-state index in [0.29, 0.717) is 30.3 Å². The Balaban J connectivity index is 1.40. The van der Waals surface area contributed by atoms with Gasteiger partial charge < -0.3 is 83.3 Å². The maximum atomic E-state index is 13.3. The third-order valence-corrected chi connectivity index (χ3v) is 13.6. The van der Waals surface area contributed by atoms with Crippen molar-refractivity contribution < 1.29 is 79.2 Å². The summed E-state index contributed by atoms with van der Waals surface area (Å²) in [6.45, 7) is -1.23. The van der Waals surface area contributed by atoms with Crippen LogP contribution in [0.4, 0.5) is 5.95 Å². The molecule has 29 heteroatoms. The Bertz CT molecular complexity index is 2240. The number of anilines is 1. The molecule has 0 saturated carbocycles. The smallest absolute Gasteiger partial charge is 0.327 e. The van der Waals surface area contributed by atoms with Crippen LogP contribution >= 0.6 is 32.9 Å². The largest absolute Gasteiger partial charge is 0.481 e. The molecule has 0 aliphatic heterocycles. The molecule has 3 rings (SSSR count). The third-order valence-electron chi connectivity index (χ3n) is 10.1. The normalized spacial score (nSPS) is 14.9. The van der Waals surface area contributed by atoms with Crippen LogP contribution in [0, 0.1) is 0 Å². The van der Waals surface area contributed by atoms with Crippen LogP contribution in [0.25, 0.3) is 11.0 Å². The number of aliphatic hydroxyl groups excluding tert-OH is 5. The average molecular weight is 1030 g/mol. The van der Waals surface area contributed by atoms with Crippen molar-refractivity contribution in [2.45, 2.75) is 106 Å². The van der Waals surface area contributed by atoms with E-state index in [2.05, 4.69) is 36.2 Å². The van der Waals surface area contributed by atoms with Crippen molar-refractivity contribution >= 4 is 91.5 Å². The zero-order valence-corrected chi connectivity index (χ0v) is 39.5. The summed E-state index contributed by atoms with van der Waals surface area (Å²) in [5.74, 6) is -7.18. The number of amides is 3. The van der Waals surface area contributed by atoms with Crippen molar-refractivity contribution in [3.8, 4) is 0 Å². The van der Waals surface area contributed by atoms with E-state index in [4.69, 9.17) is 26.4 Å². The Morgan fingerprint density at radius 1 is 0.812 bits per heavy atom. The molecule has 3 aromatic heterocycles. The van der Waals surface area contributed by atoms with Crippen molar-refractivity contribution in [2.24, 2.45) is 5.73 Å². The molecule has 26 nitrogen and oxygen atoms in total. The zero-order chi connectivity index (χ0) is 51.2. The summed E-state index contributed by atoms with van der Waals surface area (Å²) < 4.78 is 5.17. The third kappa shape index (κ3) is 20.2. The van der Waals surface area contributed by atoms with E-state index in [1.54, 1.807) is 18.2 Å². The zero-order valence-electron chi connectivity index (χ0n) is 37.0. The Hall–Kier alpha value is -5.37. The average Bonchev–Trinajstić information content (AvgIpc) is 3.96. The second kappa shape index (κ2) is 29.6. The molecule has 0 spiro atoms. The number of aromatic nitrogens is 3. The number of hydrogen-bond acceptors (Lipinski definition) is 21. The van der Waals surface area contributed by atoms with Gasteiger partial charge in [-0.25, -0.2) is 9.59 Å². The molecule has 0 radical (unpaired) electrons. The number of fused-ring (bicyclic) bond motifs is 1. The summed E-state index contributed by atoms with van der Waals surface area (Å²) >= 11 is 1.19. The van der Waals surface area contributed by atoms with E-state index >= 15 is 0 Å². The molecule has 0 bridgehead atoms. The molecule has 0 aliphatic rings. The number of carbonyl (C=O) groups is 7. The Morgan fingerprint density at radius 2 is 1.51 bits per heavy atom. The number of nitrogens with one attached hydrogen (secondary N) is 6. The minimum atomic E-state index is -1.84. The molecule has 0 aromatic carbocycles. The number of aromatic amines is 2. The molecule has 3 amide bonds. The topological polar surface area (TPSA) is 452 Å². The van der Waals surface area contributed by atoms with Crippen LogP contribution in [0.3, 0.4) is 0 Å². The first-order chi connectivity index (χ1) is 32.7. The fourth-order valence-electron chi connectivity index (χ4n) is 6.27. The Morgan fingerprint density at radius 3 is 2.19 bits per heavy atom. The van der Waals surface area contributed by atoms with Crippen molar-refractivity contribution in [1.29, 1.82) is 0 Å². The SMILES string of the molecule is Nc1nc2[nH]c(CCCc3ccc(C(=O)NC(CCC(=O)OCCSSC[C@H](NC(=O)[C@H](CCCNC[C@H](O)[C@@H](O)[C@H](O)[C@H](O)CO)NC(=O)[C@@H](N)CCC(=O)O)C(=O)O)C(=O)O)s3)cc2c(=O)[nH]1. The van der Waals surface area contributed by atoms with Crippen LogP contribution in [0.5, 0.6) is 0 Å². The van der Waals surface area contributed by atoms with Gasteiger partial charge >= 0.3 is 23.9 Å². The fourth-order valence-corrected chi connectivity index (χ4v) is 9.20. The van der Waals surface area contributed by atoms with E-state index in [1.807, 2.05) is 0 Å². The van der Waals surface area contributed by atoms with Crippen LogP contribution < -0.4 is 38.3 Å². The van der Waals surface area contributed by atoms with E-state index in [-0.39, 0.29) is 79.7 Å². The number of aliphatic carboxylic acids is 3. The second-order valence-corrected chi connectivity index (χ2v) is 19.3. The number of nitrogen functional groups attached to an aromatic ring is 1. The first-order valence-corrected chi connectivity index (χ1v) is 24.8. The highest BCUT2D eigenvalue weighted by Crippen LogP contribution is 2.23. The molecule has 69 heavy (non-hydrogen) atoms. The standard InChI is InChI=1S/C40H59N9O17S3/c41-22(7-10-29(53)54)35(59)45-23(5-2-12-43-16-26(51)31(56)32(57)27(52)17-50)36(60)47-25(39(64)65)18-68-67-14-13-66-30(55)11-8-24(38(62)63)46-37(61)28-9-6-20(69-28)4-1-3-19-15-21-33(44-19)48-40(42)49-34(21)58/h6,9,15,22-27,31-32,43,50-52,56-57H,1-5,7-8,10-14,16-18,41H2,(H,45,59)(H,46,61)(H,47,60)(H,53,54)(H,62,63)(H,64,65)(H4,42,44,48,49,58)/t22-,23-,24?,25-,26-,27+,31+,32+/m0/s1.